The predicted molar refractivity (Wildman–Crippen MR) is 155 cm³/mol. The highest BCUT2D eigenvalue weighted by Crippen LogP contribution is 2.30. The summed E-state index contributed by atoms with van der Waals surface area (Å²) in [5, 5.41) is 2.42. The number of allylic oxidation sites excluding steroid dienone is 1. The van der Waals surface area contributed by atoms with Crippen LogP contribution in [0.3, 0.4) is 0 Å². The van der Waals surface area contributed by atoms with Gasteiger partial charge in [-0.25, -0.2) is 4.99 Å². The molecule has 0 spiro atoms. The number of nitrogens with two attached hydrogens (primary N) is 1. The van der Waals surface area contributed by atoms with Crippen molar-refractivity contribution < 1.29 is 9.53 Å². The van der Waals surface area contributed by atoms with E-state index in [1.807, 2.05) is 68.1 Å². The van der Waals surface area contributed by atoms with Crippen LogP contribution in [0.1, 0.15) is 38.3 Å². The second-order valence-corrected chi connectivity index (χ2v) is 10.4. The van der Waals surface area contributed by atoms with Crippen LogP contribution >= 0.6 is 11.6 Å². The monoisotopic (exact) mass is 528 g/mol. The Morgan fingerprint density at radius 1 is 1.21 bits per heavy atom. The molecule has 2 aromatic carbocycles. The lowest BCUT2D eigenvalue weighted by molar-refractivity contribution is -0.127. The van der Waals surface area contributed by atoms with Gasteiger partial charge in [0.25, 0.3) is 0 Å². The smallest absolute Gasteiger partial charge is 0.246 e. The van der Waals surface area contributed by atoms with Crippen LogP contribution in [0.4, 0.5) is 0 Å². The first-order valence-electron chi connectivity index (χ1n) is 13.1. The third-order valence-corrected chi connectivity index (χ3v) is 7.74. The van der Waals surface area contributed by atoms with Crippen LogP contribution in [0, 0.1) is 12.8 Å². The van der Waals surface area contributed by atoms with E-state index >= 15 is 0 Å². The van der Waals surface area contributed by atoms with E-state index < -0.39 is 0 Å². The summed E-state index contributed by atoms with van der Waals surface area (Å²) in [6.45, 7) is 7.29. The first-order valence-corrected chi connectivity index (χ1v) is 13.4. The number of aliphatic imine (C=N–C) groups is 1. The van der Waals surface area contributed by atoms with E-state index in [-0.39, 0.29) is 17.9 Å². The van der Waals surface area contributed by atoms with Crippen molar-refractivity contribution in [2.75, 3.05) is 13.1 Å². The van der Waals surface area contributed by atoms with Crippen molar-refractivity contribution in [1.82, 2.24) is 9.47 Å². The molecule has 0 radical (unpaired) electrons. The van der Waals surface area contributed by atoms with Gasteiger partial charge in [-0.3, -0.25) is 4.79 Å². The molecule has 196 valence electrons. The molecular weight excluding hydrogens is 496 g/mol. The first kappa shape index (κ1) is 25.9. The average Bonchev–Trinajstić information content (AvgIpc) is 3.29. The summed E-state index contributed by atoms with van der Waals surface area (Å²) in [4.78, 5) is 19.1. The fourth-order valence-electron chi connectivity index (χ4n) is 5.25. The van der Waals surface area contributed by atoms with Gasteiger partial charge >= 0.3 is 0 Å². The quantitative estimate of drug-likeness (QED) is 0.469. The second kappa shape index (κ2) is 10.9. The number of hydrogen-bond acceptors (Lipinski definition) is 4. The Bertz CT molecular complexity index is 1540. The Balaban J connectivity index is 1.62. The second-order valence-electron chi connectivity index (χ2n) is 9.95. The molecule has 0 saturated carbocycles. The number of fused-ring (bicyclic) bond motifs is 1. The van der Waals surface area contributed by atoms with Crippen LogP contribution in [0.15, 0.2) is 71.9 Å². The molecule has 38 heavy (non-hydrogen) atoms. The Labute approximate surface area is 228 Å². The van der Waals surface area contributed by atoms with Gasteiger partial charge in [0, 0.05) is 37.0 Å². The van der Waals surface area contributed by atoms with Crippen LogP contribution in [0.5, 0.6) is 11.5 Å². The molecule has 5 rings (SSSR count). The third-order valence-electron chi connectivity index (χ3n) is 7.22. The molecule has 1 amide bonds. The standard InChI is InChI=1S/C31H33ClN4O2/c1-4-9-27(37)35-15-8-10-23(18-35)36-19-25(28-30(36)29(32)21(3)17-34-31(28)33)22-13-14-26(20(2)16-22)38-24-11-6-5-7-12-24/h4-7,9,11-14,16-17,19,21,23H,8,10,15,18,33H2,1-3H3/b9-4-/t21-,23?/m0/s1. The summed E-state index contributed by atoms with van der Waals surface area (Å²) in [6, 6.07) is 16.0. The number of carbonyl (C=O) groups is 1. The van der Waals surface area contributed by atoms with Crippen LogP contribution < -0.4 is 21.0 Å². The molecular formula is C31H33ClN4O2. The zero-order chi connectivity index (χ0) is 26.8. The summed E-state index contributed by atoms with van der Waals surface area (Å²) in [5.74, 6) is 1.99. The van der Waals surface area contributed by atoms with Gasteiger partial charge in [-0.1, -0.05) is 48.9 Å². The van der Waals surface area contributed by atoms with Gasteiger partial charge in [-0.05, 0) is 68.2 Å². The maximum atomic E-state index is 12.7. The number of ether oxygens (including phenoxy) is 1. The normalized spacial score (nSPS) is 19.5. The molecule has 2 aliphatic heterocycles. The van der Waals surface area contributed by atoms with Gasteiger partial charge in [0.15, 0.2) is 0 Å². The topological polar surface area (TPSA) is 72.8 Å². The van der Waals surface area contributed by atoms with Crippen LogP contribution in [-0.4, -0.2) is 34.7 Å². The Hall–Kier alpha value is -3.77. The summed E-state index contributed by atoms with van der Waals surface area (Å²) in [7, 11) is 0. The lowest BCUT2D eigenvalue weighted by Crippen LogP contribution is -2.44. The predicted octanol–water partition coefficient (Wildman–Crippen LogP) is 5.09. The fourth-order valence-corrected chi connectivity index (χ4v) is 5.50. The number of para-hydroxylation sites is 1. The van der Waals surface area contributed by atoms with Crippen molar-refractivity contribution in [3.05, 3.63) is 83.0 Å². The van der Waals surface area contributed by atoms with E-state index in [0.29, 0.717) is 17.4 Å². The molecule has 0 bridgehead atoms. The molecule has 1 saturated heterocycles. The lowest BCUT2D eigenvalue weighted by Gasteiger charge is -2.33. The van der Waals surface area contributed by atoms with E-state index in [1.165, 1.54) is 0 Å². The van der Waals surface area contributed by atoms with Crippen molar-refractivity contribution in [2.24, 2.45) is 16.6 Å². The number of aromatic nitrogens is 1. The molecule has 2 atom stereocenters. The molecule has 3 heterocycles. The Morgan fingerprint density at radius 3 is 2.74 bits per heavy atom. The van der Waals surface area contributed by atoms with Gasteiger partial charge in [-0.15, -0.1) is 0 Å². The van der Waals surface area contributed by atoms with E-state index in [1.54, 1.807) is 18.4 Å². The highest BCUT2D eigenvalue weighted by Gasteiger charge is 2.27. The Kier molecular flexibility index (Phi) is 7.43. The number of halogens is 1. The van der Waals surface area contributed by atoms with Crippen LogP contribution in [0.25, 0.3) is 22.0 Å². The molecule has 2 aliphatic rings. The zero-order valence-electron chi connectivity index (χ0n) is 22.0. The minimum atomic E-state index is -0.0781. The van der Waals surface area contributed by atoms with E-state index in [9.17, 15) is 4.79 Å². The van der Waals surface area contributed by atoms with Crippen LogP contribution in [-0.2, 0) is 4.79 Å². The average molecular weight is 529 g/mol. The molecule has 2 N–H and O–H groups in total. The van der Waals surface area contributed by atoms with Crippen molar-refractivity contribution >= 4 is 34.6 Å². The molecule has 1 aromatic heterocycles. The molecule has 7 heteroatoms. The number of likely N-dealkylation sites (tertiary alicyclic amines) is 1. The summed E-state index contributed by atoms with van der Waals surface area (Å²) >= 11 is 7.01. The van der Waals surface area contributed by atoms with Crippen molar-refractivity contribution in [3.8, 4) is 22.6 Å². The van der Waals surface area contributed by atoms with Crippen molar-refractivity contribution in [3.63, 3.8) is 0 Å². The van der Waals surface area contributed by atoms with E-state index in [0.717, 1.165) is 58.1 Å². The number of carbonyl (C=O) groups excluding carboxylic acids is 1. The van der Waals surface area contributed by atoms with Crippen molar-refractivity contribution in [1.29, 1.82) is 0 Å². The third kappa shape index (κ3) is 5.01. The van der Waals surface area contributed by atoms with Gasteiger partial charge in [0.2, 0.25) is 5.91 Å². The summed E-state index contributed by atoms with van der Waals surface area (Å²) < 4.78 is 8.34. The number of nitrogens with zero attached hydrogens (tertiary/aromatic N) is 3. The number of hydrogen-bond donors (Lipinski definition) is 1. The number of aryl methyl sites for hydroxylation is 1. The van der Waals surface area contributed by atoms with Gasteiger partial charge in [0.1, 0.15) is 17.3 Å². The summed E-state index contributed by atoms with van der Waals surface area (Å²) in [6.07, 6.45) is 9.22. The summed E-state index contributed by atoms with van der Waals surface area (Å²) in [5.41, 5.74) is 9.55. The fraction of sp³-hybridized carbons (Fsp3) is 0.290. The first-order chi connectivity index (χ1) is 18.4. The zero-order valence-corrected chi connectivity index (χ0v) is 22.8. The highest BCUT2D eigenvalue weighted by molar-refractivity contribution is 6.46. The largest absolute Gasteiger partial charge is 0.457 e. The number of amides is 1. The molecule has 3 aromatic rings. The molecule has 1 fully saturated rings. The van der Waals surface area contributed by atoms with Crippen LogP contribution in [0.2, 0.25) is 0 Å². The lowest BCUT2D eigenvalue weighted by atomic mass is 10.0. The van der Waals surface area contributed by atoms with Crippen molar-refractivity contribution in [2.45, 2.75) is 39.7 Å². The molecule has 1 unspecified atom stereocenters. The molecule has 6 nitrogen and oxygen atoms in total. The van der Waals surface area contributed by atoms with Gasteiger partial charge in [0.05, 0.1) is 21.6 Å². The number of benzene rings is 2. The van der Waals surface area contributed by atoms with Gasteiger partial charge < -0.3 is 19.9 Å². The molecule has 0 aliphatic carbocycles. The number of rotatable bonds is 5. The maximum absolute atomic E-state index is 12.7. The van der Waals surface area contributed by atoms with Gasteiger partial charge in [-0.2, -0.15) is 0 Å². The highest BCUT2D eigenvalue weighted by atomic mass is 35.5. The minimum Gasteiger partial charge on any atom is -0.457 e. The number of piperidine rings is 1. The minimum absolute atomic E-state index is 0.0400. The SMILES string of the molecule is C/C=C\C(=O)N1CCCC(n2cc(-c3ccc(Oc4ccccc4)c(C)c3)c3c2=C(Cl)[C@@H](C)C=NC=3N)C1. The Morgan fingerprint density at radius 2 is 2.00 bits per heavy atom. The van der Waals surface area contributed by atoms with E-state index in [2.05, 4.69) is 21.8 Å². The maximum Gasteiger partial charge on any atom is 0.246 e. The van der Waals surface area contributed by atoms with E-state index in [4.69, 9.17) is 22.1 Å².